The van der Waals surface area contributed by atoms with Gasteiger partial charge in [-0.2, -0.15) is 0 Å². The van der Waals surface area contributed by atoms with Gasteiger partial charge in [-0.3, -0.25) is 4.99 Å². The van der Waals surface area contributed by atoms with Gasteiger partial charge in [-0.25, -0.2) is 12.7 Å². The van der Waals surface area contributed by atoms with E-state index < -0.39 is 10.0 Å². The predicted molar refractivity (Wildman–Crippen MR) is 123 cm³/mol. The van der Waals surface area contributed by atoms with Crippen molar-refractivity contribution in [2.24, 2.45) is 16.3 Å². The van der Waals surface area contributed by atoms with E-state index in [0.29, 0.717) is 19.0 Å². The Balaban J connectivity index is 0.00000676. The zero-order valence-electron chi connectivity index (χ0n) is 17.7. The molecule has 1 saturated heterocycles. The van der Waals surface area contributed by atoms with E-state index in [0.717, 1.165) is 38.4 Å². The first-order chi connectivity index (χ1) is 12.1. The maximum absolute atomic E-state index is 11.7. The normalized spacial score (nSPS) is 21.7. The average molecular weight is 519 g/mol. The van der Waals surface area contributed by atoms with Gasteiger partial charge in [-0.05, 0) is 31.6 Å². The Hall–Kier alpha value is -0.130. The minimum atomic E-state index is -3.10. The molecule has 0 radical (unpaired) electrons. The first-order valence-electron chi connectivity index (χ1n) is 9.62. The fraction of sp³-hybridized carbons (Fsp3) is 0.944. The molecule has 2 N–H and O–H groups in total. The molecule has 0 aromatic heterocycles. The number of aliphatic imine (C=N–C) groups is 1. The fourth-order valence-corrected chi connectivity index (χ4v) is 4.17. The summed E-state index contributed by atoms with van der Waals surface area (Å²) in [5.74, 6) is 1.35. The van der Waals surface area contributed by atoms with Crippen LogP contribution in [0.3, 0.4) is 0 Å². The molecule has 0 aromatic carbocycles. The first-order valence-corrected chi connectivity index (χ1v) is 11.2. The van der Waals surface area contributed by atoms with Crippen LogP contribution in [-0.4, -0.2) is 70.9 Å². The maximum Gasteiger partial charge on any atom is 0.213 e. The Bertz CT molecular complexity index is 549. The molecule has 0 spiro atoms. The highest BCUT2D eigenvalue weighted by Gasteiger charge is 2.35. The van der Waals surface area contributed by atoms with Crippen LogP contribution in [0.15, 0.2) is 4.99 Å². The Kier molecular flexibility index (Phi) is 12.4. The van der Waals surface area contributed by atoms with E-state index in [1.165, 1.54) is 4.31 Å². The van der Waals surface area contributed by atoms with Gasteiger partial charge in [0, 0.05) is 46.3 Å². The van der Waals surface area contributed by atoms with Crippen LogP contribution < -0.4 is 10.6 Å². The Morgan fingerprint density at radius 3 is 2.52 bits per heavy atom. The van der Waals surface area contributed by atoms with Crippen LogP contribution in [0.4, 0.5) is 0 Å². The van der Waals surface area contributed by atoms with Gasteiger partial charge in [0.1, 0.15) is 0 Å². The SMILES string of the molecule is CCS(=O)(=O)N(C)CCCNC(=NC)NCC1CCCOC1C(C)(C)C.I. The lowest BCUT2D eigenvalue weighted by atomic mass is 9.78. The van der Waals surface area contributed by atoms with Gasteiger partial charge in [-0.1, -0.05) is 20.8 Å². The van der Waals surface area contributed by atoms with Crippen molar-refractivity contribution in [1.82, 2.24) is 14.9 Å². The van der Waals surface area contributed by atoms with Crippen LogP contribution in [0.25, 0.3) is 0 Å². The summed E-state index contributed by atoms with van der Waals surface area (Å²) in [6.07, 6.45) is 3.23. The maximum atomic E-state index is 11.7. The summed E-state index contributed by atoms with van der Waals surface area (Å²) in [5, 5.41) is 6.66. The van der Waals surface area contributed by atoms with Gasteiger partial charge >= 0.3 is 0 Å². The molecule has 1 aliphatic rings. The third-order valence-electron chi connectivity index (χ3n) is 4.84. The number of halogens is 1. The van der Waals surface area contributed by atoms with Crippen molar-refractivity contribution in [1.29, 1.82) is 0 Å². The van der Waals surface area contributed by atoms with Gasteiger partial charge < -0.3 is 15.4 Å². The van der Waals surface area contributed by atoms with E-state index in [1.807, 2.05) is 0 Å². The number of rotatable bonds is 8. The molecule has 162 valence electrons. The number of hydrogen-bond donors (Lipinski definition) is 2. The third-order valence-corrected chi connectivity index (χ3v) is 6.70. The molecule has 27 heavy (non-hydrogen) atoms. The molecule has 7 nitrogen and oxygen atoms in total. The van der Waals surface area contributed by atoms with Crippen LogP contribution in [0.5, 0.6) is 0 Å². The highest BCUT2D eigenvalue weighted by molar-refractivity contribution is 14.0. The van der Waals surface area contributed by atoms with Crippen molar-refractivity contribution in [2.45, 2.75) is 53.1 Å². The number of ether oxygens (including phenoxy) is 1. The molecule has 0 bridgehead atoms. The second-order valence-corrected chi connectivity index (χ2v) is 10.4. The van der Waals surface area contributed by atoms with Crippen molar-refractivity contribution in [3.8, 4) is 0 Å². The van der Waals surface area contributed by atoms with Crippen molar-refractivity contribution in [3.05, 3.63) is 0 Å². The quantitative estimate of drug-likeness (QED) is 0.223. The number of nitrogens with zero attached hydrogens (tertiary/aromatic N) is 2. The number of guanidine groups is 1. The van der Waals surface area contributed by atoms with E-state index in [4.69, 9.17) is 4.74 Å². The van der Waals surface area contributed by atoms with Crippen molar-refractivity contribution in [3.63, 3.8) is 0 Å². The van der Waals surface area contributed by atoms with Crippen LogP contribution >= 0.6 is 24.0 Å². The fourth-order valence-electron chi connectivity index (χ4n) is 3.33. The zero-order valence-corrected chi connectivity index (χ0v) is 20.9. The van der Waals surface area contributed by atoms with E-state index in [9.17, 15) is 8.42 Å². The van der Waals surface area contributed by atoms with Crippen molar-refractivity contribution in [2.75, 3.05) is 46.1 Å². The van der Waals surface area contributed by atoms with Gasteiger partial charge in [0.05, 0.1) is 11.9 Å². The largest absolute Gasteiger partial charge is 0.377 e. The number of nitrogens with one attached hydrogen (secondary N) is 2. The lowest BCUT2D eigenvalue weighted by Crippen LogP contribution is -2.47. The molecule has 1 aliphatic heterocycles. The van der Waals surface area contributed by atoms with Crippen LogP contribution in [0.1, 0.15) is 47.0 Å². The summed E-state index contributed by atoms with van der Waals surface area (Å²) in [7, 11) is 0.275. The molecule has 2 atom stereocenters. The van der Waals surface area contributed by atoms with Gasteiger partial charge in [-0.15, -0.1) is 24.0 Å². The molecule has 0 aliphatic carbocycles. The molecule has 1 rings (SSSR count). The van der Waals surface area contributed by atoms with E-state index >= 15 is 0 Å². The summed E-state index contributed by atoms with van der Waals surface area (Å²) in [4.78, 5) is 4.26. The minimum Gasteiger partial charge on any atom is -0.377 e. The molecule has 0 amide bonds. The topological polar surface area (TPSA) is 83.0 Å². The van der Waals surface area contributed by atoms with Gasteiger partial charge in [0.25, 0.3) is 0 Å². The summed E-state index contributed by atoms with van der Waals surface area (Å²) in [6, 6.07) is 0. The standard InChI is InChI=1S/C18H38N4O3S.HI/c1-7-26(23,24)22(6)12-9-11-20-17(19-5)21-14-15-10-8-13-25-16(15)18(2,3)4;/h15-16H,7-14H2,1-6H3,(H2,19,20,21);1H. The Morgan fingerprint density at radius 1 is 1.30 bits per heavy atom. The van der Waals surface area contributed by atoms with Crippen LogP contribution in [-0.2, 0) is 14.8 Å². The Labute approximate surface area is 183 Å². The summed E-state index contributed by atoms with van der Waals surface area (Å²) < 4.78 is 30.9. The minimum absolute atomic E-state index is 0. The van der Waals surface area contributed by atoms with E-state index in [2.05, 4.69) is 36.4 Å². The van der Waals surface area contributed by atoms with Crippen molar-refractivity contribution >= 4 is 40.0 Å². The second-order valence-electron chi connectivity index (χ2n) is 8.02. The Morgan fingerprint density at radius 2 is 1.96 bits per heavy atom. The summed E-state index contributed by atoms with van der Waals surface area (Å²) in [6.45, 7) is 11.2. The molecule has 1 heterocycles. The van der Waals surface area contributed by atoms with Gasteiger partial charge in [0.15, 0.2) is 5.96 Å². The predicted octanol–water partition coefficient (Wildman–Crippen LogP) is 2.28. The molecule has 0 aromatic rings. The zero-order chi connectivity index (χ0) is 19.8. The monoisotopic (exact) mass is 518 g/mol. The van der Waals surface area contributed by atoms with Crippen molar-refractivity contribution < 1.29 is 13.2 Å². The summed E-state index contributed by atoms with van der Waals surface area (Å²) >= 11 is 0. The highest BCUT2D eigenvalue weighted by atomic mass is 127. The van der Waals surface area contributed by atoms with Crippen LogP contribution in [0, 0.1) is 11.3 Å². The third kappa shape index (κ3) is 9.27. The lowest BCUT2D eigenvalue weighted by Gasteiger charge is -2.40. The molecule has 9 heteroatoms. The molecular formula is C18H39IN4O3S. The van der Waals surface area contributed by atoms with Gasteiger partial charge in [0.2, 0.25) is 10.0 Å². The molecule has 1 fully saturated rings. The molecule has 2 unspecified atom stereocenters. The summed E-state index contributed by atoms with van der Waals surface area (Å²) in [5.41, 5.74) is 0.124. The molecule has 0 saturated carbocycles. The number of hydrogen-bond acceptors (Lipinski definition) is 4. The average Bonchev–Trinajstić information content (AvgIpc) is 2.60. The molecular weight excluding hydrogens is 479 g/mol. The van der Waals surface area contributed by atoms with Crippen LogP contribution in [0.2, 0.25) is 0 Å². The van der Waals surface area contributed by atoms with E-state index in [-0.39, 0.29) is 41.2 Å². The number of sulfonamides is 1. The second kappa shape index (κ2) is 12.4. The first kappa shape index (κ1) is 26.9. The smallest absolute Gasteiger partial charge is 0.213 e. The lowest BCUT2D eigenvalue weighted by molar-refractivity contribution is -0.0835. The van der Waals surface area contributed by atoms with E-state index in [1.54, 1.807) is 21.0 Å². The highest BCUT2D eigenvalue weighted by Crippen LogP contribution is 2.33.